The van der Waals surface area contributed by atoms with Gasteiger partial charge in [0.15, 0.2) is 0 Å². The third kappa shape index (κ3) is 4.37. The molecule has 1 fully saturated rings. The number of carbonyl (C=O) groups excluding carboxylic acids is 1. The van der Waals surface area contributed by atoms with Gasteiger partial charge in [-0.3, -0.25) is 4.79 Å². The van der Waals surface area contributed by atoms with Crippen molar-refractivity contribution in [3.8, 4) is 0 Å². The molecule has 1 amide bonds. The van der Waals surface area contributed by atoms with Crippen molar-refractivity contribution in [2.75, 3.05) is 43.1 Å². The second-order valence-electron chi connectivity index (χ2n) is 5.96. The first-order valence-corrected chi connectivity index (χ1v) is 8.61. The van der Waals surface area contributed by atoms with Crippen molar-refractivity contribution < 1.29 is 9.53 Å². The van der Waals surface area contributed by atoms with E-state index < -0.39 is 0 Å². The number of hydrogen-bond donors (Lipinski definition) is 2. The summed E-state index contributed by atoms with van der Waals surface area (Å²) in [6.07, 6.45) is 1.63. The molecule has 0 saturated carbocycles. The Morgan fingerprint density at radius 2 is 2.08 bits per heavy atom. The van der Waals surface area contributed by atoms with E-state index in [4.69, 9.17) is 4.74 Å². The minimum absolute atomic E-state index is 0.250. The summed E-state index contributed by atoms with van der Waals surface area (Å²) >= 11 is 0. The van der Waals surface area contributed by atoms with Crippen molar-refractivity contribution in [1.29, 1.82) is 0 Å². The quantitative estimate of drug-likeness (QED) is 0.776. The summed E-state index contributed by atoms with van der Waals surface area (Å²) in [4.78, 5) is 23.2. The summed E-state index contributed by atoms with van der Waals surface area (Å²) in [5, 5.41) is 5.99. The fourth-order valence-electron chi connectivity index (χ4n) is 2.78. The molecule has 0 bridgehead atoms. The van der Waals surface area contributed by atoms with Crippen LogP contribution < -0.4 is 15.5 Å². The van der Waals surface area contributed by atoms with Crippen LogP contribution in [0.15, 0.2) is 43.0 Å². The number of aryl methyl sites for hydroxylation is 1. The fraction of sp³-hybridized carbons (Fsp3) is 0.316. The highest BCUT2D eigenvalue weighted by atomic mass is 16.5. The molecule has 1 saturated heterocycles. The lowest BCUT2D eigenvalue weighted by Crippen LogP contribution is -2.36. The Morgan fingerprint density at radius 3 is 2.85 bits per heavy atom. The smallest absolute Gasteiger partial charge is 0.270 e. The molecule has 0 spiro atoms. The van der Waals surface area contributed by atoms with Crippen LogP contribution in [0.5, 0.6) is 0 Å². The summed E-state index contributed by atoms with van der Waals surface area (Å²) in [5.74, 6) is 0.148. The number of benzene rings is 1. The van der Waals surface area contributed by atoms with Crippen LogP contribution in [0.2, 0.25) is 0 Å². The van der Waals surface area contributed by atoms with E-state index in [1.807, 2.05) is 25.1 Å². The lowest BCUT2D eigenvalue weighted by atomic mass is 10.2. The Balaban J connectivity index is 1.84. The summed E-state index contributed by atoms with van der Waals surface area (Å²) in [6.45, 7) is 8.92. The first-order chi connectivity index (χ1) is 12.7. The molecule has 2 N–H and O–H groups in total. The Bertz CT molecular complexity index is 787. The maximum absolute atomic E-state index is 12.2. The van der Waals surface area contributed by atoms with Gasteiger partial charge >= 0.3 is 0 Å². The number of amides is 1. The molecule has 7 nitrogen and oxygen atoms in total. The molecule has 2 heterocycles. The van der Waals surface area contributed by atoms with Crippen LogP contribution in [-0.4, -0.2) is 48.7 Å². The van der Waals surface area contributed by atoms with E-state index in [9.17, 15) is 4.79 Å². The van der Waals surface area contributed by atoms with Crippen LogP contribution in [0.4, 0.5) is 17.3 Å². The molecule has 136 valence electrons. The van der Waals surface area contributed by atoms with E-state index >= 15 is 0 Å². The van der Waals surface area contributed by atoms with E-state index in [1.54, 1.807) is 12.1 Å². The number of carbonyl (C=O) groups is 1. The van der Waals surface area contributed by atoms with Crippen LogP contribution in [0.1, 0.15) is 16.2 Å². The van der Waals surface area contributed by atoms with E-state index in [-0.39, 0.29) is 5.91 Å². The molecule has 26 heavy (non-hydrogen) atoms. The fourth-order valence-corrected chi connectivity index (χ4v) is 2.78. The molecular formula is C19H23N5O2. The van der Waals surface area contributed by atoms with Crippen molar-refractivity contribution in [3.63, 3.8) is 0 Å². The Labute approximate surface area is 153 Å². The zero-order valence-corrected chi connectivity index (χ0v) is 14.9. The zero-order chi connectivity index (χ0) is 18.4. The van der Waals surface area contributed by atoms with Gasteiger partial charge < -0.3 is 20.3 Å². The van der Waals surface area contributed by atoms with Gasteiger partial charge in [-0.2, -0.15) is 0 Å². The highest BCUT2D eigenvalue weighted by molar-refractivity contribution is 5.92. The third-order valence-corrected chi connectivity index (χ3v) is 4.00. The number of anilines is 3. The summed E-state index contributed by atoms with van der Waals surface area (Å²) < 4.78 is 5.43. The van der Waals surface area contributed by atoms with Crippen molar-refractivity contribution in [2.24, 2.45) is 0 Å². The number of morpholine rings is 1. The number of ether oxygens (including phenoxy) is 1. The van der Waals surface area contributed by atoms with E-state index in [1.165, 1.54) is 0 Å². The average Bonchev–Trinajstić information content (AvgIpc) is 2.67. The third-order valence-electron chi connectivity index (χ3n) is 4.00. The summed E-state index contributed by atoms with van der Waals surface area (Å²) in [5.41, 5.74) is 3.01. The number of para-hydroxylation sites is 2. The molecule has 1 aliphatic rings. The van der Waals surface area contributed by atoms with Gasteiger partial charge in [0, 0.05) is 25.3 Å². The zero-order valence-electron chi connectivity index (χ0n) is 14.9. The first kappa shape index (κ1) is 17.9. The molecule has 7 heteroatoms. The molecule has 2 aromatic rings. The van der Waals surface area contributed by atoms with Gasteiger partial charge in [0.05, 0.1) is 24.6 Å². The molecule has 0 atom stereocenters. The second-order valence-corrected chi connectivity index (χ2v) is 5.96. The lowest BCUT2D eigenvalue weighted by molar-refractivity contribution is 0.0953. The van der Waals surface area contributed by atoms with Gasteiger partial charge in [-0.1, -0.05) is 18.2 Å². The van der Waals surface area contributed by atoms with Crippen molar-refractivity contribution in [1.82, 2.24) is 15.3 Å². The summed E-state index contributed by atoms with van der Waals surface area (Å²) in [6, 6.07) is 9.66. The summed E-state index contributed by atoms with van der Waals surface area (Å²) in [7, 11) is 0. The largest absolute Gasteiger partial charge is 0.378 e. The SMILES string of the molecule is C=CCNC(=O)c1cc(C)nc(Nc2ccccc2N2CCOCC2)n1. The Hall–Kier alpha value is -2.93. The Kier molecular flexibility index (Phi) is 5.80. The van der Waals surface area contributed by atoms with E-state index in [2.05, 4.69) is 38.1 Å². The molecule has 1 aliphatic heterocycles. The van der Waals surface area contributed by atoms with Crippen LogP contribution in [0, 0.1) is 6.92 Å². The monoisotopic (exact) mass is 353 g/mol. The van der Waals surface area contributed by atoms with E-state index in [0.29, 0.717) is 31.4 Å². The van der Waals surface area contributed by atoms with Crippen LogP contribution in [0.25, 0.3) is 0 Å². The number of rotatable bonds is 6. The van der Waals surface area contributed by atoms with Gasteiger partial charge in [0.25, 0.3) is 5.91 Å². The van der Waals surface area contributed by atoms with E-state index in [0.717, 1.165) is 30.2 Å². The van der Waals surface area contributed by atoms with Gasteiger partial charge in [-0.15, -0.1) is 6.58 Å². The highest BCUT2D eigenvalue weighted by Crippen LogP contribution is 2.28. The minimum atomic E-state index is -0.250. The van der Waals surface area contributed by atoms with Gasteiger partial charge in [0.1, 0.15) is 5.69 Å². The van der Waals surface area contributed by atoms with Crippen molar-refractivity contribution >= 4 is 23.2 Å². The maximum atomic E-state index is 12.2. The molecule has 1 aromatic carbocycles. The maximum Gasteiger partial charge on any atom is 0.270 e. The van der Waals surface area contributed by atoms with Crippen LogP contribution >= 0.6 is 0 Å². The highest BCUT2D eigenvalue weighted by Gasteiger charge is 2.16. The second kappa shape index (κ2) is 8.44. The number of hydrogen-bond acceptors (Lipinski definition) is 6. The van der Waals surface area contributed by atoms with Crippen LogP contribution in [-0.2, 0) is 4.74 Å². The van der Waals surface area contributed by atoms with Crippen LogP contribution in [0.3, 0.4) is 0 Å². The first-order valence-electron chi connectivity index (χ1n) is 8.61. The van der Waals surface area contributed by atoms with Gasteiger partial charge in [-0.05, 0) is 25.1 Å². The molecular weight excluding hydrogens is 330 g/mol. The van der Waals surface area contributed by atoms with Gasteiger partial charge in [0.2, 0.25) is 5.95 Å². The lowest BCUT2D eigenvalue weighted by Gasteiger charge is -2.30. The topological polar surface area (TPSA) is 79.4 Å². The van der Waals surface area contributed by atoms with Gasteiger partial charge in [-0.25, -0.2) is 9.97 Å². The number of nitrogens with one attached hydrogen (secondary N) is 2. The number of aromatic nitrogens is 2. The average molecular weight is 353 g/mol. The molecule has 0 aliphatic carbocycles. The predicted octanol–water partition coefficient (Wildman–Crippen LogP) is 2.28. The van der Waals surface area contributed by atoms with Crippen molar-refractivity contribution in [3.05, 3.63) is 54.4 Å². The molecule has 1 aromatic heterocycles. The van der Waals surface area contributed by atoms with Crippen molar-refractivity contribution in [2.45, 2.75) is 6.92 Å². The Morgan fingerprint density at radius 1 is 1.31 bits per heavy atom. The molecule has 0 unspecified atom stereocenters. The number of nitrogens with zero attached hydrogens (tertiary/aromatic N) is 3. The normalized spacial score (nSPS) is 14.0. The minimum Gasteiger partial charge on any atom is -0.378 e. The molecule has 0 radical (unpaired) electrons. The standard InChI is InChI=1S/C19H23N5O2/c1-3-8-20-18(25)16-13-14(2)21-19(23-16)22-15-6-4-5-7-17(15)24-9-11-26-12-10-24/h3-7,13H,1,8-12H2,2H3,(H,20,25)(H,21,22,23). The predicted molar refractivity (Wildman–Crippen MR) is 102 cm³/mol. The molecule has 3 rings (SSSR count).